The molecule has 0 fully saturated rings. The maximum Gasteiger partial charge on any atom is 0.263 e. The topological polar surface area (TPSA) is 57.2 Å². The minimum absolute atomic E-state index is 0.150. The molecule has 0 aliphatic heterocycles. The van der Waals surface area contributed by atoms with E-state index < -0.39 is 0 Å². The van der Waals surface area contributed by atoms with E-state index in [1.165, 1.54) is 0 Å². The Balaban J connectivity index is 1.95. The van der Waals surface area contributed by atoms with Gasteiger partial charge in [-0.05, 0) is 65.0 Å². The van der Waals surface area contributed by atoms with Gasteiger partial charge in [0, 0.05) is 22.5 Å². The molecule has 4 aromatic rings. The molecule has 192 valence electrons. The number of hydrogen-bond acceptors (Lipinski definition) is 5. The summed E-state index contributed by atoms with van der Waals surface area (Å²) in [5, 5.41) is 1.78. The summed E-state index contributed by atoms with van der Waals surface area (Å²) in [7, 11) is 6.55. The first-order valence-corrected chi connectivity index (χ1v) is 12.7. The average molecular weight is 564 g/mol. The van der Waals surface area contributed by atoms with Gasteiger partial charge in [-0.1, -0.05) is 42.5 Å². The zero-order valence-corrected chi connectivity index (χ0v) is 23.4. The zero-order valence-electron chi connectivity index (χ0n) is 21.8. The van der Waals surface area contributed by atoms with Gasteiger partial charge in [-0.15, -0.1) is 0 Å². The molecule has 0 spiro atoms. The van der Waals surface area contributed by atoms with Crippen LogP contribution < -0.4 is 23.8 Å². The maximum absolute atomic E-state index is 14.0. The van der Waals surface area contributed by atoms with Crippen LogP contribution in [0.5, 0.6) is 23.0 Å². The van der Waals surface area contributed by atoms with Crippen molar-refractivity contribution in [2.45, 2.75) is 20.0 Å². The monoisotopic (exact) mass is 563 g/mol. The SMILES string of the molecule is COc1ccc(Br)c(C(=O)N(C)c2cccc3c(-c4ccccc4)c(OC)c(OC)cc23)c1OC(C)C. The van der Waals surface area contributed by atoms with Gasteiger partial charge in [-0.2, -0.15) is 0 Å². The lowest BCUT2D eigenvalue weighted by atomic mass is 9.95. The zero-order chi connectivity index (χ0) is 26.7. The van der Waals surface area contributed by atoms with Gasteiger partial charge >= 0.3 is 0 Å². The van der Waals surface area contributed by atoms with Gasteiger partial charge in [0.1, 0.15) is 0 Å². The Morgan fingerprint density at radius 3 is 2.14 bits per heavy atom. The third-order valence-corrected chi connectivity index (χ3v) is 6.75. The van der Waals surface area contributed by atoms with Gasteiger partial charge in [-0.25, -0.2) is 0 Å². The highest BCUT2D eigenvalue weighted by Gasteiger charge is 2.27. The fraction of sp³-hybridized carbons (Fsp3) is 0.233. The minimum Gasteiger partial charge on any atom is -0.493 e. The molecule has 37 heavy (non-hydrogen) atoms. The predicted molar refractivity (Wildman–Crippen MR) is 152 cm³/mol. The average Bonchev–Trinajstić information content (AvgIpc) is 2.91. The van der Waals surface area contributed by atoms with Crippen molar-refractivity contribution in [1.29, 1.82) is 0 Å². The lowest BCUT2D eigenvalue weighted by Gasteiger charge is -2.25. The van der Waals surface area contributed by atoms with Crippen LogP contribution in [0.1, 0.15) is 24.2 Å². The number of nitrogens with zero attached hydrogens (tertiary/aromatic N) is 1. The van der Waals surface area contributed by atoms with E-state index in [4.69, 9.17) is 18.9 Å². The Kier molecular flexibility index (Phi) is 7.93. The third-order valence-electron chi connectivity index (χ3n) is 6.09. The summed E-state index contributed by atoms with van der Waals surface area (Å²) in [5.74, 6) is 1.85. The molecule has 0 saturated carbocycles. The largest absolute Gasteiger partial charge is 0.493 e. The number of methoxy groups -OCH3 is 3. The quantitative estimate of drug-likeness (QED) is 0.224. The van der Waals surface area contributed by atoms with E-state index in [2.05, 4.69) is 15.9 Å². The number of halogens is 1. The predicted octanol–water partition coefficient (Wildman–Crippen LogP) is 7.36. The molecule has 6 nitrogen and oxygen atoms in total. The van der Waals surface area contributed by atoms with Gasteiger partial charge in [0.15, 0.2) is 23.0 Å². The lowest BCUT2D eigenvalue weighted by Crippen LogP contribution is -2.28. The molecule has 0 atom stereocenters. The number of anilines is 1. The maximum atomic E-state index is 14.0. The van der Waals surface area contributed by atoms with E-state index >= 15 is 0 Å². The van der Waals surface area contributed by atoms with Crippen molar-refractivity contribution in [3.8, 4) is 34.1 Å². The second-order valence-corrected chi connectivity index (χ2v) is 9.56. The lowest BCUT2D eigenvalue weighted by molar-refractivity contribution is 0.0985. The first-order chi connectivity index (χ1) is 17.8. The molecule has 7 heteroatoms. The Bertz CT molecular complexity index is 1440. The summed E-state index contributed by atoms with van der Waals surface area (Å²) in [6.45, 7) is 3.82. The van der Waals surface area contributed by atoms with E-state index in [1.54, 1.807) is 45.4 Å². The molecule has 0 bridgehead atoms. The molecule has 0 aliphatic rings. The molecule has 0 saturated heterocycles. The Morgan fingerprint density at radius 2 is 1.51 bits per heavy atom. The fourth-order valence-corrected chi connectivity index (χ4v) is 4.91. The minimum atomic E-state index is -0.245. The van der Waals surface area contributed by atoms with Crippen LogP contribution in [-0.2, 0) is 0 Å². The van der Waals surface area contributed by atoms with Crippen molar-refractivity contribution in [3.05, 3.63) is 76.8 Å². The molecule has 0 aromatic heterocycles. The van der Waals surface area contributed by atoms with Crippen LogP contribution in [0.3, 0.4) is 0 Å². The van der Waals surface area contributed by atoms with Gasteiger partial charge < -0.3 is 23.8 Å². The molecule has 0 heterocycles. The van der Waals surface area contributed by atoms with E-state index in [0.717, 1.165) is 21.9 Å². The molecular formula is C30H30BrNO5. The van der Waals surface area contributed by atoms with Crippen LogP contribution in [0.4, 0.5) is 5.69 Å². The third kappa shape index (κ3) is 4.96. The molecule has 4 rings (SSSR count). The Hall–Kier alpha value is -3.71. The van der Waals surface area contributed by atoms with Gasteiger partial charge in [0.2, 0.25) is 0 Å². The number of benzene rings is 4. The molecular weight excluding hydrogens is 534 g/mol. The van der Waals surface area contributed by atoms with Gasteiger partial charge in [0.05, 0.1) is 38.7 Å². The highest BCUT2D eigenvalue weighted by Crippen LogP contribution is 2.46. The van der Waals surface area contributed by atoms with Gasteiger partial charge in [-0.3, -0.25) is 4.79 Å². The smallest absolute Gasteiger partial charge is 0.263 e. The van der Waals surface area contributed by atoms with Crippen LogP contribution in [0, 0.1) is 0 Å². The van der Waals surface area contributed by atoms with Crippen LogP contribution in [0.15, 0.2) is 71.2 Å². The first-order valence-electron chi connectivity index (χ1n) is 11.9. The Labute approximate surface area is 225 Å². The van der Waals surface area contributed by atoms with Crippen molar-refractivity contribution in [2.75, 3.05) is 33.3 Å². The molecule has 0 N–H and O–H groups in total. The molecule has 4 aromatic carbocycles. The summed E-state index contributed by atoms with van der Waals surface area (Å²) >= 11 is 3.56. The first kappa shape index (κ1) is 26.4. The van der Waals surface area contributed by atoms with Gasteiger partial charge in [0.25, 0.3) is 5.91 Å². The highest BCUT2D eigenvalue weighted by atomic mass is 79.9. The molecule has 0 radical (unpaired) electrons. The summed E-state index contributed by atoms with van der Waals surface area (Å²) in [5.41, 5.74) is 2.98. The number of hydrogen-bond donors (Lipinski definition) is 0. The Morgan fingerprint density at radius 1 is 0.811 bits per heavy atom. The number of ether oxygens (including phenoxy) is 4. The van der Waals surface area contributed by atoms with Crippen molar-refractivity contribution in [2.24, 2.45) is 0 Å². The van der Waals surface area contributed by atoms with E-state index in [1.807, 2.05) is 68.4 Å². The van der Waals surface area contributed by atoms with Crippen molar-refractivity contribution in [1.82, 2.24) is 0 Å². The summed E-state index contributed by atoms with van der Waals surface area (Å²) in [4.78, 5) is 15.6. The number of rotatable bonds is 8. The van der Waals surface area contributed by atoms with Crippen LogP contribution in [0.25, 0.3) is 21.9 Å². The highest BCUT2D eigenvalue weighted by molar-refractivity contribution is 9.10. The molecule has 0 unspecified atom stereocenters. The fourth-order valence-electron chi connectivity index (χ4n) is 4.43. The standard InChI is InChI=1S/C30H30BrNO5/c1-18(2)37-29-24(34-4)16-15-22(31)27(29)30(33)32(3)23-14-10-13-20-21(23)17-25(35-5)28(36-6)26(20)19-11-8-7-9-12-19/h7-18H,1-6H3. The normalized spacial score (nSPS) is 10.9. The van der Waals surface area contributed by atoms with E-state index in [9.17, 15) is 4.79 Å². The van der Waals surface area contributed by atoms with Crippen LogP contribution in [-0.4, -0.2) is 40.4 Å². The van der Waals surface area contributed by atoms with Crippen molar-refractivity contribution in [3.63, 3.8) is 0 Å². The van der Waals surface area contributed by atoms with E-state index in [0.29, 0.717) is 38.7 Å². The number of carbonyl (C=O) groups excluding carboxylic acids is 1. The number of amides is 1. The summed E-state index contributed by atoms with van der Waals surface area (Å²) < 4.78 is 23.7. The summed E-state index contributed by atoms with van der Waals surface area (Å²) in [6, 6.07) is 21.3. The van der Waals surface area contributed by atoms with E-state index in [-0.39, 0.29) is 12.0 Å². The number of carbonyl (C=O) groups is 1. The molecule has 0 aliphatic carbocycles. The molecule has 1 amide bonds. The summed E-state index contributed by atoms with van der Waals surface area (Å²) in [6.07, 6.45) is -0.150. The number of fused-ring (bicyclic) bond motifs is 1. The second-order valence-electron chi connectivity index (χ2n) is 8.71. The van der Waals surface area contributed by atoms with Crippen LogP contribution in [0.2, 0.25) is 0 Å². The second kappa shape index (κ2) is 11.1. The van der Waals surface area contributed by atoms with Crippen LogP contribution >= 0.6 is 15.9 Å². The van der Waals surface area contributed by atoms with Crippen molar-refractivity contribution < 1.29 is 23.7 Å². The van der Waals surface area contributed by atoms with Crippen molar-refractivity contribution >= 4 is 38.3 Å².